The summed E-state index contributed by atoms with van der Waals surface area (Å²) in [6.45, 7) is 10.4. The molecule has 0 bridgehead atoms. The lowest BCUT2D eigenvalue weighted by molar-refractivity contribution is 0.303. The lowest BCUT2D eigenvalue weighted by Gasteiger charge is -2.21. The molecule has 0 saturated carbocycles. The largest absolute Gasteiger partial charge is 0.478 e. The molecule has 0 spiro atoms. The summed E-state index contributed by atoms with van der Waals surface area (Å²) in [5, 5.41) is 3.49. The van der Waals surface area contributed by atoms with Crippen LogP contribution in [-0.4, -0.2) is 29.2 Å². The van der Waals surface area contributed by atoms with Gasteiger partial charge in [0.15, 0.2) is 0 Å². The van der Waals surface area contributed by atoms with Crippen LogP contribution in [0.4, 0.5) is 0 Å². The van der Waals surface area contributed by atoms with Gasteiger partial charge in [-0.25, -0.2) is 9.97 Å². The monoisotopic (exact) mass is 251 g/mol. The molecule has 0 aromatic carbocycles. The van der Waals surface area contributed by atoms with E-state index in [1.165, 1.54) is 0 Å². The fraction of sp³-hybridized carbons (Fsp3) is 0.714. The number of rotatable bonds is 8. The predicted octanol–water partition coefficient (Wildman–Crippen LogP) is 2.44. The zero-order valence-corrected chi connectivity index (χ0v) is 11.9. The molecular weight excluding hydrogens is 226 g/mol. The van der Waals surface area contributed by atoms with Gasteiger partial charge in [-0.15, -0.1) is 0 Å². The summed E-state index contributed by atoms with van der Waals surface area (Å²) < 4.78 is 5.53. The molecule has 1 aromatic rings. The molecule has 0 saturated heterocycles. The van der Waals surface area contributed by atoms with Gasteiger partial charge in [-0.3, -0.25) is 0 Å². The van der Waals surface area contributed by atoms with Crippen LogP contribution >= 0.6 is 0 Å². The van der Waals surface area contributed by atoms with E-state index in [1.54, 1.807) is 6.33 Å². The highest BCUT2D eigenvalue weighted by atomic mass is 16.5. The molecule has 0 aliphatic heterocycles. The molecule has 0 aliphatic rings. The molecule has 4 heteroatoms. The molecule has 102 valence electrons. The lowest BCUT2D eigenvalue weighted by atomic mass is 9.99. The molecule has 18 heavy (non-hydrogen) atoms. The van der Waals surface area contributed by atoms with Crippen LogP contribution in [0.3, 0.4) is 0 Å². The lowest BCUT2D eigenvalue weighted by Crippen LogP contribution is -2.35. The Balaban J connectivity index is 2.64. The van der Waals surface area contributed by atoms with Crippen molar-refractivity contribution in [2.45, 2.75) is 46.6 Å². The second kappa shape index (κ2) is 8.03. The first-order chi connectivity index (χ1) is 8.67. The Bertz CT molecular complexity index is 342. The van der Waals surface area contributed by atoms with Crippen molar-refractivity contribution in [3.63, 3.8) is 0 Å². The first kappa shape index (κ1) is 14.9. The van der Waals surface area contributed by atoms with Crippen LogP contribution in [0.1, 0.15) is 39.8 Å². The zero-order chi connectivity index (χ0) is 13.4. The van der Waals surface area contributed by atoms with Crippen molar-refractivity contribution in [1.82, 2.24) is 15.3 Å². The van der Waals surface area contributed by atoms with Gasteiger partial charge in [-0.1, -0.05) is 27.7 Å². The molecule has 1 N–H and O–H groups in total. The van der Waals surface area contributed by atoms with Crippen molar-refractivity contribution in [3.8, 4) is 5.88 Å². The third-order valence-electron chi connectivity index (χ3n) is 2.85. The van der Waals surface area contributed by atoms with Crippen LogP contribution in [-0.2, 0) is 6.42 Å². The van der Waals surface area contributed by atoms with Gasteiger partial charge in [0.05, 0.1) is 6.61 Å². The third kappa shape index (κ3) is 5.00. The number of hydrogen-bond acceptors (Lipinski definition) is 4. The number of aromatic nitrogens is 2. The maximum absolute atomic E-state index is 5.53. The zero-order valence-electron chi connectivity index (χ0n) is 11.9. The third-order valence-corrected chi connectivity index (χ3v) is 2.85. The van der Waals surface area contributed by atoms with Crippen LogP contribution in [0, 0.1) is 5.92 Å². The van der Waals surface area contributed by atoms with Crippen LogP contribution in [0.2, 0.25) is 0 Å². The minimum Gasteiger partial charge on any atom is -0.478 e. The number of hydrogen-bond donors (Lipinski definition) is 1. The van der Waals surface area contributed by atoms with Crippen molar-refractivity contribution >= 4 is 0 Å². The van der Waals surface area contributed by atoms with E-state index < -0.39 is 0 Å². The van der Waals surface area contributed by atoms with Crippen molar-refractivity contribution in [3.05, 3.63) is 18.1 Å². The molecule has 0 radical (unpaired) electrons. The molecule has 0 aliphatic carbocycles. The number of ether oxygens (including phenoxy) is 1. The van der Waals surface area contributed by atoms with E-state index in [2.05, 4.69) is 43.0 Å². The summed E-state index contributed by atoms with van der Waals surface area (Å²) in [5.41, 5.74) is 1.04. The van der Waals surface area contributed by atoms with Gasteiger partial charge in [0, 0.05) is 24.2 Å². The van der Waals surface area contributed by atoms with E-state index in [-0.39, 0.29) is 0 Å². The maximum atomic E-state index is 5.53. The first-order valence-corrected chi connectivity index (χ1v) is 6.84. The average molecular weight is 251 g/mol. The van der Waals surface area contributed by atoms with E-state index in [4.69, 9.17) is 4.74 Å². The Morgan fingerprint density at radius 1 is 1.28 bits per heavy atom. The Kier molecular flexibility index (Phi) is 6.65. The highest BCUT2D eigenvalue weighted by Crippen LogP contribution is 2.12. The molecular formula is C14H25N3O. The molecule has 0 fully saturated rings. The minimum absolute atomic E-state index is 0.448. The summed E-state index contributed by atoms with van der Waals surface area (Å²) in [6, 6.07) is 2.39. The average Bonchev–Trinajstić information content (AvgIpc) is 2.36. The summed E-state index contributed by atoms with van der Waals surface area (Å²) in [5.74, 6) is 1.26. The smallest absolute Gasteiger partial charge is 0.216 e. The Morgan fingerprint density at radius 3 is 2.67 bits per heavy atom. The molecule has 1 rings (SSSR count). The maximum Gasteiger partial charge on any atom is 0.216 e. The van der Waals surface area contributed by atoms with Crippen molar-refractivity contribution in [2.75, 3.05) is 13.2 Å². The molecule has 1 aromatic heterocycles. The van der Waals surface area contributed by atoms with E-state index in [0.29, 0.717) is 24.4 Å². The summed E-state index contributed by atoms with van der Waals surface area (Å²) in [6.07, 6.45) is 3.49. The molecule has 1 atom stereocenters. The topological polar surface area (TPSA) is 47.0 Å². The summed E-state index contributed by atoms with van der Waals surface area (Å²) >= 11 is 0. The summed E-state index contributed by atoms with van der Waals surface area (Å²) in [7, 11) is 0. The summed E-state index contributed by atoms with van der Waals surface area (Å²) in [4.78, 5) is 8.44. The van der Waals surface area contributed by atoms with E-state index in [0.717, 1.165) is 25.1 Å². The Hall–Kier alpha value is -1.16. The number of nitrogens with zero attached hydrogens (tertiary/aromatic N) is 2. The fourth-order valence-electron chi connectivity index (χ4n) is 1.81. The van der Waals surface area contributed by atoms with Crippen LogP contribution in [0.5, 0.6) is 5.88 Å². The second-order valence-electron chi connectivity index (χ2n) is 4.81. The fourth-order valence-corrected chi connectivity index (χ4v) is 1.81. The minimum atomic E-state index is 0.448. The van der Waals surface area contributed by atoms with Crippen molar-refractivity contribution < 1.29 is 4.74 Å². The Labute approximate surface area is 110 Å². The van der Waals surface area contributed by atoms with Gasteiger partial charge in [-0.05, 0) is 18.9 Å². The molecule has 1 heterocycles. The standard InChI is InChI=1S/C14H25N3O/c1-5-7-18-14-9-12(16-10-17-14)8-13(11(3)4)15-6-2/h9-11,13,15H,5-8H2,1-4H3. The van der Waals surface area contributed by atoms with Gasteiger partial charge in [0.25, 0.3) is 0 Å². The van der Waals surface area contributed by atoms with Gasteiger partial charge < -0.3 is 10.1 Å². The number of nitrogens with one attached hydrogen (secondary N) is 1. The normalized spacial score (nSPS) is 12.7. The van der Waals surface area contributed by atoms with E-state index >= 15 is 0 Å². The van der Waals surface area contributed by atoms with E-state index in [9.17, 15) is 0 Å². The second-order valence-corrected chi connectivity index (χ2v) is 4.81. The molecule has 4 nitrogen and oxygen atoms in total. The van der Waals surface area contributed by atoms with Crippen molar-refractivity contribution in [1.29, 1.82) is 0 Å². The van der Waals surface area contributed by atoms with Gasteiger partial charge >= 0.3 is 0 Å². The highest BCUT2D eigenvalue weighted by molar-refractivity contribution is 5.14. The van der Waals surface area contributed by atoms with Gasteiger partial charge in [0.2, 0.25) is 5.88 Å². The molecule has 1 unspecified atom stereocenters. The van der Waals surface area contributed by atoms with Crippen LogP contribution in [0.25, 0.3) is 0 Å². The van der Waals surface area contributed by atoms with Crippen molar-refractivity contribution in [2.24, 2.45) is 5.92 Å². The van der Waals surface area contributed by atoms with Gasteiger partial charge in [0.1, 0.15) is 6.33 Å². The van der Waals surface area contributed by atoms with Crippen LogP contribution in [0.15, 0.2) is 12.4 Å². The van der Waals surface area contributed by atoms with Gasteiger partial charge in [-0.2, -0.15) is 0 Å². The first-order valence-electron chi connectivity index (χ1n) is 6.84. The van der Waals surface area contributed by atoms with Crippen LogP contribution < -0.4 is 10.1 Å². The Morgan fingerprint density at radius 2 is 2.06 bits per heavy atom. The SMILES string of the molecule is CCCOc1cc(CC(NCC)C(C)C)ncn1. The predicted molar refractivity (Wildman–Crippen MR) is 73.8 cm³/mol. The molecule has 0 amide bonds. The number of likely N-dealkylation sites (N-methyl/N-ethyl adjacent to an activating group) is 1. The van der Waals surface area contributed by atoms with E-state index in [1.807, 2.05) is 6.07 Å². The highest BCUT2D eigenvalue weighted by Gasteiger charge is 2.13. The quantitative estimate of drug-likeness (QED) is 0.771.